The van der Waals surface area contributed by atoms with Gasteiger partial charge in [-0.2, -0.15) is 0 Å². The van der Waals surface area contributed by atoms with Crippen molar-refractivity contribution >= 4 is 28.9 Å². The number of fused-ring (bicyclic) bond motifs is 1. The lowest BCUT2D eigenvalue weighted by atomic mass is 9.89. The molecular formula is C20H20FN3O2. The lowest BCUT2D eigenvalue weighted by molar-refractivity contribution is -0.123. The largest absolute Gasteiger partial charge is 0.370 e. The van der Waals surface area contributed by atoms with Gasteiger partial charge in [0.1, 0.15) is 5.82 Å². The highest BCUT2D eigenvalue weighted by atomic mass is 19.1. The molecule has 2 aliphatic heterocycles. The topological polar surface area (TPSA) is 61.4 Å². The van der Waals surface area contributed by atoms with Gasteiger partial charge in [0.2, 0.25) is 11.8 Å². The number of amides is 2. The van der Waals surface area contributed by atoms with Crippen LogP contribution in [-0.4, -0.2) is 24.9 Å². The number of para-hydroxylation sites is 2. The number of carbonyl (C=O) groups excluding carboxylic acids is 2. The third-order valence-corrected chi connectivity index (χ3v) is 4.98. The average Bonchev–Trinajstić information content (AvgIpc) is 3.15. The highest BCUT2D eigenvalue weighted by Crippen LogP contribution is 2.35. The SMILES string of the molecule is O=C1CC(C(=O)Nc2ccccc2N2CCCC2)c2ccc(F)cc2N1. The Balaban J connectivity index is 1.61. The van der Waals surface area contributed by atoms with E-state index in [0.29, 0.717) is 11.3 Å². The molecule has 0 spiro atoms. The van der Waals surface area contributed by atoms with Crippen LogP contribution in [0.1, 0.15) is 30.7 Å². The van der Waals surface area contributed by atoms with E-state index in [9.17, 15) is 14.0 Å². The summed E-state index contributed by atoms with van der Waals surface area (Å²) < 4.78 is 13.5. The van der Waals surface area contributed by atoms with Crippen molar-refractivity contribution in [1.29, 1.82) is 0 Å². The van der Waals surface area contributed by atoms with Gasteiger partial charge in [-0.05, 0) is 42.7 Å². The summed E-state index contributed by atoms with van der Waals surface area (Å²) in [5, 5.41) is 5.62. The van der Waals surface area contributed by atoms with Crippen molar-refractivity contribution in [2.45, 2.75) is 25.2 Å². The summed E-state index contributed by atoms with van der Waals surface area (Å²) in [5.74, 6) is -1.61. The number of anilines is 3. The van der Waals surface area contributed by atoms with Crippen molar-refractivity contribution in [3.8, 4) is 0 Å². The number of benzene rings is 2. The van der Waals surface area contributed by atoms with Gasteiger partial charge < -0.3 is 15.5 Å². The van der Waals surface area contributed by atoms with Gasteiger partial charge in [0.25, 0.3) is 0 Å². The predicted molar refractivity (Wildman–Crippen MR) is 98.9 cm³/mol. The Kier molecular flexibility index (Phi) is 4.32. The van der Waals surface area contributed by atoms with Gasteiger partial charge in [0, 0.05) is 25.2 Å². The third kappa shape index (κ3) is 3.14. The van der Waals surface area contributed by atoms with Gasteiger partial charge in [-0.3, -0.25) is 9.59 Å². The summed E-state index contributed by atoms with van der Waals surface area (Å²) in [7, 11) is 0. The summed E-state index contributed by atoms with van der Waals surface area (Å²) in [6.45, 7) is 1.95. The zero-order valence-electron chi connectivity index (χ0n) is 14.3. The molecule has 134 valence electrons. The molecule has 0 aromatic heterocycles. The number of hydrogen-bond donors (Lipinski definition) is 2. The number of carbonyl (C=O) groups is 2. The van der Waals surface area contributed by atoms with E-state index in [2.05, 4.69) is 15.5 Å². The van der Waals surface area contributed by atoms with Crippen LogP contribution in [0.15, 0.2) is 42.5 Å². The Hall–Kier alpha value is -2.89. The van der Waals surface area contributed by atoms with Gasteiger partial charge in [-0.25, -0.2) is 4.39 Å². The Morgan fingerprint density at radius 3 is 2.73 bits per heavy atom. The molecule has 26 heavy (non-hydrogen) atoms. The van der Waals surface area contributed by atoms with Crippen molar-refractivity contribution in [3.05, 3.63) is 53.8 Å². The van der Waals surface area contributed by atoms with Gasteiger partial charge in [-0.1, -0.05) is 18.2 Å². The minimum absolute atomic E-state index is 0.0519. The number of rotatable bonds is 3. The molecule has 2 amide bonds. The molecule has 2 aromatic carbocycles. The summed E-state index contributed by atoms with van der Waals surface area (Å²) in [5.41, 5.74) is 2.75. The Bertz CT molecular complexity index is 862. The van der Waals surface area contributed by atoms with Crippen molar-refractivity contribution in [2.24, 2.45) is 0 Å². The second kappa shape index (κ2) is 6.78. The average molecular weight is 353 g/mol. The Labute approximate surface area is 151 Å². The second-order valence-electron chi connectivity index (χ2n) is 6.74. The molecule has 0 aliphatic carbocycles. The van der Waals surface area contributed by atoms with E-state index in [4.69, 9.17) is 0 Å². The van der Waals surface area contributed by atoms with Gasteiger partial charge in [0.15, 0.2) is 0 Å². The molecule has 6 heteroatoms. The molecule has 1 fully saturated rings. The first-order valence-corrected chi connectivity index (χ1v) is 8.86. The fraction of sp³-hybridized carbons (Fsp3) is 0.300. The first-order chi connectivity index (χ1) is 12.6. The molecule has 5 nitrogen and oxygen atoms in total. The van der Waals surface area contributed by atoms with E-state index < -0.39 is 11.7 Å². The predicted octanol–water partition coefficient (Wildman–Crippen LogP) is 3.49. The van der Waals surface area contributed by atoms with Gasteiger partial charge in [0.05, 0.1) is 17.3 Å². The zero-order chi connectivity index (χ0) is 18.1. The molecule has 0 radical (unpaired) electrons. The molecule has 0 saturated carbocycles. The van der Waals surface area contributed by atoms with Crippen LogP contribution in [0.5, 0.6) is 0 Å². The van der Waals surface area contributed by atoms with Crippen LogP contribution < -0.4 is 15.5 Å². The Morgan fingerprint density at radius 2 is 1.92 bits per heavy atom. The van der Waals surface area contributed by atoms with Crippen LogP contribution in [0.4, 0.5) is 21.5 Å². The van der Waals surface area contributed by atoms with E-state index in [-0.39, 0.29) is 18.2 Å². The van der Waals surface area contributed by atoms with Crippen LogP contribution in [0.25, 0.3) is 0 Å². The van der Waals surface area contributed by atoms with Crippen molar-refractivity contribution < 1.29 is 14.0 Å². The second-order valence-corrected chi connectivity index (χ2v) is 6.74. The fourth-order valence-electron chi connectivity index (χ4n) is 3.70. The molecule has 1 saturated heterocycles. The maximum absolute atomic E-state index is 13.5. The minimum Gasteiger partial charge on any atom is -0.370 e. The third-order valence-electron chi connectivity index (χ3n) is 4.98. The first-order valence-electron chi connectivity index (χ1n) is 8.86. The molecule has 0 bridgehead atoms. The quantitative estimate of drug-likeness (QED) is 0.888. The highest BCUT2D eigenvalue weighted by Gasteiger charge is 2.31. The van der Waals surface area contributed by atoms with Crippen molar-refractivity contribution in [3.63, 3.8) is 0 Å². The molecular weight excluding hydrogens is 333 g/mol. The highest BCUT2D eigenvalue weighted by molar-refractivity contribution is 6.06. The summed E-state index contributed by atoms with van der Waals surface area (Å²) in [6, 6.07) is 11.8. The number of nitrogens with zero attached hydrogens (tertiary/aromatic N) is 1. The molecule has 1 atom stereocenters. The van der Waals surface area contributed by atoms with Crippen molar-refractivity contribution in [1.82, 2.24) is 0 Å². The standard InChI is InChI=1S/C20H20FN3O2/c21-13-7-8-14-15(12-19(25)22-17(14)11-13)20(26)23-16-5-1-2-6-18(16)24-9-3-4-10-24/h1-2,5-8,11,15H,3-4,9-10,12H2,(H,22,25)(H,23,26). The zero-order valence-corrected chi connectivity index (χ0v) is 14.3. The maximum atomic E-state index is 13.5. The van der Waals surface area contributed by atoms with Crippen molar-refractivity contribution in [2.75, 3.05) is 28.6 Å². The summed E-state index contributed by atoms with van der Waals surface area (Å²) >= 11 is 0. The van der Waals surface area contributed by atoms with Crippen LogP contribution in [0.3, 0.4) is 0 Å². The van der Waals surface area contributed by atoms with E-state index >= 15 is 0 Å². The first kappa shape index (κ1) is 16.6. The molecule has 2 aliphatic rings. The van der Waals surface area contributed by atoms with Crippen LogP contribution in [0.2, 0.25) is 0 Å². The van der Waals surface area contributed by atoms with Gasteiger partial charge >= 0.3 is 0 Å². The van der Waals surface area contributed by atoms with E-state index in [1.807, 2.05) is 24.3 Å². The van der Waals surface area contributed by atoms with E-state index in [1.165, 1.54) is 12.1 Å². The number of hydrogen-bond acceptors (Lipinski definition) is 3. The smallest absolute Gasteiger partial charge is 0.232 e. The normalized spacial score (nSPS) is 19.0. The lowest BCUT2D eigenvalue weighted by Crippen LogP contribution is -2.31. The fourth-order valence-corrected chi connectivity index (χ4v) is 3.70. The molecule has 4 rings (SSSR count). The van der Waals surface area contributed by atoms with Gasteiger partial charge in [-0.15, -0.1) is 0 Å². The van der Waals surface area contributed by atoms with Crippen LogP contribution in [0, 0.1) is 5.82 Å². The van der Waals surface area contributed by atoms with Crippen LogP contribution >= 0.6 is 0 Å². The number of halogens is 1. The van der Waals surface area contributed by atoms with Crippen LogP contribution in [-0.2, 0) is 9.59 Å². The number of nitrogens with one attached hydrogen (secondary N) is 2. The monoisotopic (exact) mass is 353 g/mol. The Morgan fingerprint density at radius 1 is 1.15 bits per heavy atom. The maximum Gasteiger partial charge on any atom is 0.232 e. The molecule has 2 heterocycles. The summed E-state index contributed by atoms with van der Waals surface area (Å²) in [4.78, 5) is 27.1. The van der Waals surface area contributed by atoms with E-state index in [0.717, 1.165) is 37.3 Å². The molecule has 2 N–H and O–H groups in total. The molecule has 1 unspecified atom stereocenters. The summed E-state index contributed by atoms with van der Waals surface area (Å²) in [6.07, 6.45) is 2.34. The minimum atomic E-state index is -0.633. The molecule has 2 aromatic rings. The van der Waals surface area contributed by atoms with E-state index in [1.54, 1.807) is 6.07 Å². The lowest BCUT2D eigenvalue weighted by Gasteiger charge is -2.26.